The summed E-state index contributed by atoms with van der Waals surface area (Å²) in [5.41, 5.74) is 0. The molecule has 2 heterocycles. The van der Waals surface area contributed by atoms with Crippen molar-refractivity contribution in [2.24, 2.45) is 11.8 Å². The van der Waals surface area contributed by atoms with Gasteiger partial charge in [-0.25, -0.2) is 0 Å². The van der Waals surface area contributed by atoms with Crippen molar-refractivity contribution < 1.29 is 4.79 Å². The average Bonchev–Trinajstić information content (AvgIpc) is 3.11. The van der Waals surface area contributed by atoms with E-state index in [0.29, 0.717) is 12.5 Å². The summed E-state index contributed by atoms with van der Waals surface area (Å²) in [6.45, 7) is 5.88. The van der Waals surface area contributed by atoms with Crippen LogP contribution in [0.2, 0.25) is 0 Å². The van der Waals surface area contributed by atoms with E-state index in [1.807, 2.05) is 0 Å². The molecule has 0 aromatic rings. The summed E-state index contributed by atoms with van der Waals surface area (Å²) in [7, 11) is 0. The minimum Gasteiger partial charge on any atom is -0.353 e. The van der Waals surface area contributed by atoms with Gasteiger partial charge in [-0.05, 0) is 63.5 Å². The molecule has 4 nitrogen and oxygen atoms in total. The van der Waals surface area contributed by atoms with Crippen molar-refractivity contribution in [3.05, 3.63) is 0 Å². The summed E-state index contributed by atoms with van der Waals surface area (Å²) in [6.07, 6.45) is 8.17. The molecule has 1 aliphatic carbocycles. The summed E-state index contributed by atoms with van der Waals surface area (Å²) in [6, 6.07) is 0.430. The van der Waals surface area contributed by atoms with Gasteiger partial charge in [0.15, 0.2) is 0 Å². The van der Waals surface area contributed by atoms with Gasteiger partial charge in [-0.15, -0.1) is 24.8 Å². The number of carbonyl (C=O) groups excluding carboxylic acids is 1. The molecule has 0 aromatic carbocycles. The lowest BCUT2D eigenvalue weighted by atomic mass is 10.0. The number of hydrogen-bond donors (Lipinski definition) is 2. The summed E-state index contributed by atoms with van der Waals surface area (Å²) >= 11 is 0. The highest BCUT2D eigenvalue weighted by Gasteiger charge is 2.27. The highest BCUT2D eigenvalue weighted by molar-refractivity contribution is 5.85. The SMILES string of the molecule is Cl.Cl.O=C(CCC1CCNC1)NC1CCN(CC2CC2)CC1. The van der Waals surface area contributed by atoms with Crippen LogP contribution in [-0.2, 0) is 4.79 Å². The van der Waals surface area contributed by atoms with E-state index in [1.165, 1.54) is 38.9 Å². The minimum absolute atomic E-state index is 0. The van der Waals surface area contributed by atoms with E-state index in [2.05, 4.69) is 15.5 Å². The molecule has 0 bridgehead atoms. The first kappa shape index (κ1) is 20.0. The fraction of sp³-hybridized carbons (Fsp3) is 0.938. The number of amides is 1. The van der Waals surface area contributed by atoms with Gasteiger partial charge in [-0.1, -0.05) is 0 Å². The molecular formula is C16H31Cl2N3O. The van der Waals surface area contributed by atoms with Crippen LogP contribution in [-0.4, -0.2) is 49.6 Å². The van der Waals surface area contributed by atoms with Gasteiger partial charge in [0, 0.05) is 32.1 Å². The van der Waals surface area contributed by atoms with Gasteiger partial charge in [0.1, 0.15) is 0 Å². The summed E-state index contributed by atoms with van der Waals surface area (Å²) in [5.74, 6) is 1.99. The van der Waals surface area contributed by atoms with Crippen LogP contribution in [0.1, 0.15) is 44.9 Å². The van der Waals surface area contributed by atoms with E-state index in [4.69, 9.17) is 0 Å². The van der Waals surface area contributed by atoms with E-state index < -0.39 is 0 Å². The van der Waals surface area contributed by atoms with Crippen LogP contribution in [0.3, 0.4) is 0 Å². The molecule has 1 atom stereocenters. The zero-order valence-electron chi connectivity index (χ0n) is 13.4. The molecule has 0 spiro atoms. The minimum atomic E-state index is 0. The third kappa shape index (κ3) is 6.61. The number of piperidine rings is 1. The Morgan fingerprint density at radius 2 is 1.77 bits per heavy atom. The second kappa shape index (κ2) is 9.96. The number of halogens is 2. The highest BCUT2D eigenvalue weighted by Crippen LogP contribution is 2.30. The molecule has 1 amide bonds. The number of hydrogen-bond acceptors (Lipinski definition) is 3. The molecular weight excluding hydrogens is 321 g/mol. The number of likely N-dealkylation sites (tertiary alicyclic amines) is 1. The van der Waals surface area contributed by atoms with Gasteiger partial charge in [0.05, 0.1) is 0 Å². The maximum atomic E-state index is 12.0. The Bertz CT molecular complexity index is 325. The third-order valence-electron chi connectivity index (χ3n) is 5.11. The predicted molar refractivity (Wildman–Crippen MR) is 95.0 cm³/mol. The second-order valence-electron chi connectivity index (χ2n) is 6.98. The first-order valence-electron chi connectivity index (χ1n) is 8.52. The van der Waals surface area contributed by atoms with Gasteiger partial charge in [-0.3, -0.25) is 4.79 Å². The van der Waals surface area contributed by atoms with Crippen LogP contribution in [0.25, 0.3) is 0 Å². The fourth-order valence-electron chi connectivity index (χ4n) is 3.52. The standard InChI is InChI=1S/C16H29N3O.2ClH/c20-16(4-3-13-5-8-17-11-13)18-15-6-9-19(10-7-15)12-14-1-2-14;;/h13-15,17H,1-12H2,(H,18,20);2*1H. The molecule has 3 aliphatic rings. The molecule has 3 fully saturated rings. The van der Waals surface area contributed by atoms with Gasteiger partial charge < -0.3 is 15.5 Å². The lowest BCUT2D eigenvalue weighted by Gasteiger charge is -2.32. The van der Waals surface area contributed by atoms with E-state index in [-0.39, 0.29) is 30.7 Å². The van der Waals surface area contributed by atoms with Gasteiger partial charge >= 0.3 is 0 Å². The van der Waals surface area contributed by atoms with Crippen LogP contribution in [0.5, 0.6) is 0 Å². The average molecular weight is 352 g/mol. The van der Waals surface area contributed by atoms with E-state index >= 15 is 0 Å². The van der Waals surface area contributed by atoms with Crippen molar-refractivity contribution in [1.82, 2.24) is 15.5 Å². The Morgan fingerprint density at radius 3 is 2.36 bits per heavy atom. The molecule has 2 saturated heterocycles. The van der Waals surface area contributed by atoms with Crippen LogP contribution in [0, 0.1) is 11.8 Å². The van der Waals surface area contributed by atoms with E-state index in [9.17, 15) is 4.79 Å². The fourth-order valence-corrected chi connectivity index (χ4v) is 3.52. The molecule has 0 radical (unpaired) electrons. The molecule has 1 unspecified atom stereocenters. The first-order chi connectivity index (χ1) is 9.79. The lowest BCUT2D eigenvalue weighted by molar-refractivity contribution is -0.122. The quantitative estimate of drug-likeness (QED) is 0.770. The highest BCUT2D eigenvalue weighted by atomic mass is 35.5. The molecule has 0 aromatic heterocycles. The van der Waals surface area contributed by atoms with Crippen LogP contribution in [0.15, 0.2) is 0 Å². The largest absolute Gasteiger partial charge is 0.353 e. The number of nitrogens with one attached hydrogen (secondary N) is 2. The summed E-state index contributed by atoms with van der Waals surface area (Å²) < 4.78 is 0. The Hall–Kier alpha value is -0.0300. The molecule has 2 aliphatic heterocycles. The van der Waals surface area contributed by atoms with Gasteiger partial charge in [-0.2, -0.15) is 0 Å². The Balaban J connectivity index is 0.00000121. The van der Waals surface area contributed by atoms with Crippen LogP contribution < -0.4 is 10.6 Å². The maximum Gasteiger partial charge on any atom is 0.220 e. The normalized spacial score (nSPS) is 26.1. The third-order valence-corrected chi connectivity index (χ3v) is 5.11. The van der Waals surface area contributed by atoms with Gasteiger partial charge in [0.25, 0.3) is 0 Å². The van der Waals surface area contributed by atoms with Crippen molar-refractivity contribution in [3.63, 3.8) is 0 Å². The van der Waals surface area contributed by atoms with Gasteiger partial charge in [0.2, 0.25) is 5.91 Å². The second-order valence-corrected chi connectivity index (χ2v) is 6.98. The Morgan fingerprint density at radius 1 is 1.05 bits per heavy atom. The van der Waals surface area contributed by atoms with E-state index in [0.717, 1.165) is 44.2 Å². The lowest BCUT2D eigenvalue weighted by Crippen LogP contribution is -2.45. The molecule has 6 heteroatoms. The summed E-state index contributed by atoms with van der Waals surface area (Å²) in [4.78, 5) is 14.6. The molecule has 3 rings (SSSR count). The molecule has 22 heavy (non-hydrogen) atoms. The zero-order chi connectivity index (χ0) is 13.8. The monoisotopic (exact) mass is 351 g/mol. The van der Waals surface area contributed by atoms with Crippen molar-refractivity contribution in [2.45, 2.75) is 51.0 Å². The van der Waals surface area contributed by atoms with Crippen molar-refractivity contribution in [1.29, 1.82) is 0 Å². The van der Waals surface area contributed by atoms with Crippen molar-refractivity contribution >= 4 is 30.7 Å². The topological polar surface area (TPSA) is 44.4 Å². The molecule has 130 valence electrons. The van der Waals surface area contributed by atoms with Crippen molar-refractivity contribution in [3.8, 4) is 0 Å². The summed E-state index contributed by atoms with van der Waals surface area (Å²) in [5, 5.41) is 6.61. The number of carbonyl (C=O) groups is 1. The Kier molecular flexibility index (Phi) is 9.07. The van der Waals surface area contributed by atoms with Crippen LogP contribution in [0.4, 0.5) is 0 Å². The molecule has 1 saturated carbocycles. The van der Waals surface area contributed by atoms with Crippen LogP contribution >= 0.6 is 24.8 Å². The predicted octanol–water partition coefficient (Wildman–Crippen LogP) is 2.21. The van der Waals surface area contributed by atoms with Crippen molar-refractivity contribution in [2.75, 3.05) is 32.7 Å². The first-order valence-corrected chi connectivity index (χ1v) is 8.52. The number of nitrogens with zero attached hydrogens (tertiary/aromatic N) is 1. The maximum absolute atomic E-state index is 12.0. The molecule has 2 N–H and O–H groups in total. The number of rotatable bonds is 6. The van der Waals surface area contributed by atoms with E-state index in [1.54, 1.807) is 0 Å². The zero-order valence-corrected chi connectivity index (χ0v) is 15.0. The Labute approximate surface area is 147 Å². The smallest absolute Gasteiger partial charge is 0.220 e.